The fourth-order valence-electron chi connectivity index (χ4n) is 13.8. The second-order valence-electron chi connectivity index (χ2n) is 30.9. The van der Waals surface area contributed by atoms with E-state index in [0.29, 0.717) is 37.7 Å². The topological polar surface area (TPSA) is 681 Å². The number of carbonyl (C=O) groups excluding carboxylic acids is 14. The number of nitrogens with one attached hydrogen (secondary N) is 6. The van der Waals surface area contributed by atoms with Gasteiger partial charge in [-0.3, -0.25) is 115 Å². The van der Waals surface area contributed by atoms with Gasteiger partial charge in [0.05, 0.1) is 55.3 Å². The summed E-state index contributed by atoms with van der Waals surface area (Å²) < 4.78 is 15.9. The normalized spacial score (nSPS) is 16.2. The lowest BCUT2D eigenvalue weighted by molar-refractivity contribution is -0.142. The summed E-state index contributed by atoms with van der Waals surface area (Å²) >= 11 is 1.14. The number of carbonyl (C=O) groups is 23. The Morgan fingerprint density at radius 2 is 0.798 bits per heavy atom. The van der Waals surface area contributed by atoms with Crippen molar-refractivity contribution in [2.75, 3.05) is 59.0 Å². The zero-order chi connectivity index (χ0) is 93.3. The van der Waals surface area contributed by atoms with Gasteiger partial charge >= 0.3 is 53.7 Å². The number of hydrogen-bond donors (Lipinski definition) is 15. The zero-order valence-corrected chi connectivity index (χ0v) is 71.0. The van der Waals surface area contributed by atoms with Gasteiger partial charge in [-0.1, -0.05) is 33.6 Å². The molecule has 0 radical (unpaired) electrons. The van der Waals surface area contributed by atoms with Crippen LogP contribution in [0.4, 0.5) is 0 Å². The predicted octanol–water partition coefficient (Wildman–Crippen LogP) is 1.49. The van der Waals surface area contributed by atoms with E-state index in [1.807, 2.05) is 20.8 Å². The summed E-state index contributed by atoms with van der Waals surface area (Å²) in [6, 6.07) is -10.1. The first kappa shape index (κ1) is 109. The van der Waals surface area contributed by atoms with Crippen LogP contribution < -0.4 is 31.9 Å². The fourth-order valence-corrected chi connectivity index (χ4v) is 14.8. The Hall–Kier alpha value is -10.8. The number of hydrogen-bond acceptors (Lipinski definition) is 27. The molecule has 0 aromatic rings. The van der Waals surface area contributed by atoms with Crippen LogP contribution in [0.1, 0.15) is 226 Å². The summed E-state index contributed by atoms with van der Waals surface area (Å²) in [7, 11) is 1.48. The molecule has 2 rings (SSSR count). The Bertz CT molecular complexity index is 3720. The van der Waals surface area contributed by atoms with E-state index in [9.17, 15) is 156 Å². The van der Waals surface area contributed by atoms with Crippen LogP contribution in [-0.2, 0) is 124 Å². The van der Waals surface area contributed by atoms with Crippen LogP contribution in [0, 0.1) is 29.6 Å². The first-order valence-corrected chi connectivity index (χ1v) is 42.3. The molecule has 15 N–H and O–H groups in total. The summed E-state index contributed by atoms with van der Waals surface area (Å²) in [5, 5.41) is 101. The van der Waals surface area contributed by atoms with Crippen molar-refractivity contribution >= 4 is 148 Å². The molecular formula is C80H120N8O35S. The molecule has 2 saturated heterocycles. The lowest BCUT2D eigenvalue weighted by Crippen LogP contribution is -2.49. The van der Waals surface area contributed by atoms with Gasteiger partial charge in [-0.15, -0.1) is 11.8 Å². The first-order valence-electron chi connectivity index (χ1n) is 41.3. The number of aliphatic carboxylic acids is 9. The largest absolute Gasteiger partial charge is 0.481 e. The van der Waals surface area contributed by atoms with Crippen molar-refractivity contribution < 1.29 is 170 Å². The number of carboxylic acids is 9. The van der Waals surface area contributed by atoms with Gasteiger partial charge in [0.15, 0.2) is 28.9 Å². The minimum Gasteiger partial charge on any atom is -0.481 e. The van der Waals surface area contributed by atoms with Gasteiger partial charge in [0.25, 0.3) is 0 Å². The number of methoxy groups -OCH3 is 1. The van der Waals surface area contributed by atoms with Gasteiger partial charge in [0, 0.05) is 165 Å². The van der Waals surface area contributed by atoms with E-state index in [1.54, 1.807) is 0 Å². The number of rotatable bonds is 72. The predicted molar refractivity (Wildman–Crippen MR) is 430 cm³/mol. The molecule has 12 atom stereocenters. The van der Waals surface area contributed by atoms with Gasteiger partial charge in [0.1, 0.15) is 12.6 Å². The highest BCUT2D eigenvalue weighted by molar-refractivity contribution is 8.00. The monoisotopic (exact) mass is 1780 g/mol. The van der Waals surface area contributed by atoms with Crippen LogP contribution in [0.3, 0.4) is 0 Å². The van der Waals surface area contributed by atoms with Crippen LogP contribution in [-0.4, -0.2) is 298 Å². The molecule has 1 unspecified atom stereocenters. The molecule has 0 aromatic carbocycles. The highest BCUT2D eigenvalue weighted by Gasteiger charge is 2.42. The molecule has 124 heavy (non-hydrogen) atoms. The third-order valence-electron chi connectivity index (χ3n) is 20.4. The van der Waals surface area contributed by atoms with E-state index < -0.39 is 356 Å². The van der Waals surface area contributed by atoms with Gasteiger partial charge in [0.2, 0.25) is 53.2 Å². The summed E-state index contributed by atoms with van der Waals surface area (Å²) in [5.41, 5.74) is 0. The Labute approximate surface area is 719 Å². The zero-order valence-electron chi connectivity index (χ0n) is 70.2. The maximum absolute atomic E-state index is 14.5. The number of unbranched alkanes of at least 4 members (excludes halogenated alkanes) is 1. The summed E-state index contributed by atoms with van der Waals surface area (Å²) in [6.45, 7) is 6.09. The third kappa shape index (κ3) is 45.0. The molecule has 2 aliphatic heterocycles. The average molecular weight is 1790 g/mol. The highest BCUT2D eigenvalue weighted by Crippen LogP contribution is 2.28. The number of likely N-dealkylation sites (tertiary alicyclic amines) is 2. The summed E-state index contributed by atoms with van der Waals surface area (Å²) in [6.07, 6.45) is -15.6. The molecule has 0 bridgehead atoms. The Morgan fingerprint density at radius 1 is 0.427 bits per heavy atom. The maximum Gasteiger partial charge on any atom is 0.303 e. The number of carboxylic acid groups (broad SMARTS) is 9. The molecule has 0 saturated carbocycles. The Morgan fingerprint density at radius 3 is 1.16 bits per heavy atom. The molecule has 2 fully saturated rings. The van der Waals surface area contributed by atoms with E-state index in [1.165, 1.54) is 12.0 Å². The van der Waals surface area contributed by atoms with Crippen molar-refractivity contribution in [1.82, 2.24) is 41.7 Å². The number of thioether (sulfide) groups is 1. The van der Waals surface area contributed by atoms with Gasteiger partial charge < -0.3 is 97.0 Å². The summed E-state index contributed by atoms with van der Waals surface area (Å²) in [4.78, 5) is 304. The van der Waals surface area contributed by atoms with Crippen LogP contribution in [0.15, 0.2) is 0 Å². The second-order valence-corrected chi connectivity index (χ2v) is 32.2. The molecule has 43 nitrogen and oxygen atoms in total. The number of nitrogens with zero attached hydrogens (tertiary/aromatic N) is 2. The van der Waals surface area contributed by atoms with Gasteiger partial charge in [-0.2, -0.15) is 0 Å². The minimum atomic E-state index is -2.03. The standard InChI is InChI=1S/C80H120N8O35S/c1-5-6-9-50(38-45(2)3)81-79(119)56-10-7-31-87(56)65(96)44-123-33-8-11-57(89)51(16-25-70(105)106)83-75(115)47(13-22-67(99)100)40-59(91)53(18-27-72(109)110)85-77(117)49(15-24-69(103)104)42-61(93)55(20-29-74(113)114)86-78(118)48(14-23-68(101)102)41-60(92)54(19-28-73(111)112)84-76(116)46(12-21-66(97)98)39-58(90)52(17-26-71(107)108)82-63(94)30-32-88-64(95)43-62(80(88)120)124-37-36-122-35-34-121-4/h45-56,62H,5-44H2,1-4H3,(H,81,119)(H,82,94)(H,83,115)(H,84,116)(H,85,117)(H,86,118)(H,97,98)(H,99,100)(H,101,102)(H,103,104)(H,105,106)(H,107,108)(H,109,110)(H,111,112)(H,113,114)/t46-,47-,48-,49-,50+,51+,52+,53+,54+,55+,56-,62?/m0/s1. The van der Waals surface area contributed by atoms with Crippen molar-refractivity contribution in [3.05, 3.63) is 0 Å². The lowest BCUT2D eigenvalue weighted by Gasteiger charge is -2.27. The number of imide groups is 1. The second kappa shape index (κ2) is 59.1. The number of ether oxygens (including phenoxy) is 3. The molecule has 2 aliphatic rings. The van der Waals surface area contributed by atoms with E-state index in [0.717, 1.165) is 42.3 Å². The fraction of sp³-hybridized carbons (Fsp3) is 0.713. The molecule has 44 heteroatoms. The Kier molecular flexibility index (Phi) is 52.1. The molecule has 9 amide bonds. The van der Waals surface area contributed by atoms with Crippen LogP contribution in [0.5, 0.6) is 0 Å². The molecule has 0 aromatic heterocycles. The van der Waals surface area contributed by atoms with Crippen LogP contribution in [0.25, 0.3) is 0 Å². The smallest absolute Gasteiger partial charge is 0.303 e. The van der Waals surface area contributed by atoms with Crippen molar-refractivity contribution in [2.45, 2.75) is 274 Å². The highest BCUT2D eigenvalue weighted by atomic mass is 32.2. The van der Waals surface area contributed by atoms with E-state index >= 15 is 0 Å². The van der Waals surface area contributed by atoms with Crippen molar-refractivity contribution in [3.8, 4) is 0 Å². The minimum absolute atomic E-state index is 0.0817. The van der Waals surface area contributed by atoms with Crippen LogP contribution in [0.2, 0.25) is 0 Å². The van der Waals surface area contributed by atoms with Crippen LogP contribution >= 0.6 is 11.8 Å². The summed E-state index contributed by atoms with van der Waals surface area (Å²) in [5.74, 6) is -34.2. The quantitative estimate of drug-likeness (QED) is 0.0303. The molecule has 2 heterocycles. The molecule has 0 spiro atoms. The van der Waals surface area contributed by atoms with Crippen molar-refractivity contribution in [1.29, 1.82) is 0 Å². The van der Waals surface area contributed by atoms with Crippen molar-refractivity contribution in [2.24, 2.45) is 29.6 Å². The van der Waals surface area contributed by atoms with E-state index in [-0.39, 0.29) is 51.0 Å². The first-order chi connectivity index (χ1) is 58.5. The van der Waals surface area contributed by atoms with E-state index in [2.05, 4.69) is 31.9 Å². The van der Waals surface area contributed by atoms with Crippen molar-refractivity contribution in [3.63, 3.8) is 0 Å². The van der Waals surface area contributed by atoms with Gasteiger partial charge in [-0.05, 0) is 95.8 Å². The number of ketones is 5. The number of Topliss-reactive ketones (excluding diaryl/α,β-unsaturated/α-hetero) is 5. The molecule has 0 aliphatic carbocycles. The maximum atomic E-state index is 14.5. The molecular weight excluding hydrogens is 1660 g/mol. The number of amides is 9. The SMILES string of the molecule is CCCC[C@H](CC(C)C)NC(=O)[C@@H]1CCCN1C(=O)COCCCC(=O)[C@@H](CCC(=O)O)NC(=O)[C@@H](CCC(=O)O)CC(=O)[C@@H](CCC(=O)O)NC(=O)[C@@H](CCC(=O)O)CC(=O)[C@@H](CCC(=O)O)NC(=O)[C@@H](CCC(=O)O)CC(=O)[C@@H](CCC(=O)O)NC(=O)[C@@H](CCC(=O)O)CC(=O)[C@@H](CCC(=O)O)NC(=O)CCN1C(=O)CC(SCCOCCOC)C1=O. The van der Waals surface area contributed by atoms with E-state index in [4.69, 9.17) is 14.2 Å². The lowest BCUT2D eigenvalue weighted by atomic mass is 9.88. The third-order valence-corrected chi connectivity index (χ3v) is 21.6. The Balaban J connectivity index is 2.47. The molecule has 696 valence electrons. The average Bonchev–Trinajstić information content (AvgIpc) is 1.68. The van der Waals surface area contributed by atoms with Gasteiger partial charge in [-0.25, -0.2) is 0 Å².